The Balaban J connectivity index is 1.32. The molecule has 0 saturated carbocycles. The van der Waals surface area contributed by atoms with Crippen LogP contribution in [0.2, 0.25) is 0 Å². The van der Waals surface area contributed by atoms with Gasteiger partial charge in [0.1, 0.15) is 11.4 Å². The summed E-state index contributed by atoms with van der Waals surface area (Å²) in [5, 5.41) is 8.77. The number of hydrogen-bond acceptors (Lipinski definition) is 8. The summed E-state index contributed by atoms with van der Waals surface area (Å²) in [6, 6.07) is 9.61. The van der Waals surface area contributed by atoms with Gasteiger partial charge >= 0.3 is 5.97 Å². The first-order valence-electron chi connectivity index (χ1n) is 12.6. The van der Waals surface area contributed by atoms with Crippen LogP contribution in [0, 0.1) is 0 Å². The minimum absolute atomic E-state index is 0.207. The van der Waals surface area contributed by atoms with Crippen LogP contribution >= 0.6 is 0 Å². The molecule has 0 saturated heterocycles. The van der Waals surface area contributed by atoms with Gasteiger partial charge in [-0.15, -0.1) is 0 Å². The second-order valence-electron chi connectivity index (χ2n) is 9.76. The van der Waals surface area contributed by atoms with Crippen molar-refractivity contribution in [3.8, 4) is 0 Å². The Labute approximate surface area is 239 Å². The molecule has 14 nitrogen and oxygen atoms in total. The van der Waals surface area contributed by atoms with E-state index in [0.29, 0.717) is 27.8 Å². The third kappa shape index (κ3) is 4.54. The van der Waals surface area contributed by atoms with Gasteiger partial charge in [-0.25, -0.2) is 4.79 Å². The van der Waals surface area contributed by atoms with E-state index in [2.05, 4.69) is 16.0 Å². The average Bonchev–Trinajstić information content (AvgIpc) is 3.72. The molecule has 4 heterocycles. The van der Waals surface area contributed by atoms with Crippen molar-refractivity contribution in [1.82, 2.24) is 23.9 Å². The molecule has 0 spiro atoms. The Kier molecular flexibility index (Phi) is 6.82. The van der Waals surface area contributed by atoms with E-state index in [0.717, 1.165) is 0 Å². The largest absolute Gasteiger partial charge is 0.465 e. The molecule has 1 atom stereocenters. The number of nitrogens with two attached hydrogens (primary N) is 1. The zero-order valence-electron chi connectivity index (χ0n) is 23.2. The molecule has 0 bridgehead atoms. The molecule has 3 aromatic heterocycles. The number of fused-ring (bicyclic) bond motifs is 1. The summed E-state index contributed by atoms with van der Waals surface area (Å²) in [4.78, 5) is 64.8. The Morgan fingerprint density at radius 2 is 1.57 bits per heavy atom. The van der Waals surface area contributed by atoms with Gasteiger partial charge in [0, 0.05) is 57.5 Å². The molecule has 216 valence electrons. The number of hydrogen-bond donors (Lipinski definition) is 4. The van der Waals surface area contributed by atoms with Crippen LogP contribution in [0.4, 0.5) is 11.4 Å². The third-order valence-corrected chi connectivity index (χ3v) is 7.11. The van der Waals surface area contributed by atoms with Crippen LogP contribution in [-0.2, 0) is 28.4 Å². The zero-order chi connectivity index (χ0) is 30.3. The van der Waals surface area contributed by atoms with Crippen LogP contribution in [0.3, 0.4) is 0 Å². The van der Waals surface area contributed by atoms with Gasteiger partial charge in [-0.3, -0.25) is 23.7 Å². The molecule has 1 aliphatic rings. The van der Waals surface area contributed by atoms with E-state index in [9.17, 15) is 24.0 Å². The molecule has 4 aromatic rings. The molecule has 1 unspecified atom stereocenters. The minimum Gasteiger partial charge on any atom is -0.465 e. The number of methoxy groups -OCH3 is 1. The molecule has 14 heteroatoms. The molecule has 5 rings (SSSR count). The van der Waals surface area contributed by atoms with Crippen molar-refractivity contribution in [2.24, 2.45) is 19.8 Å². The van der Waals surface area contributed by atoms with Crippen molar-refractivity contribution >= 4 is 51.9 Å². The maximum absolute atomic E-state index is 13.4. The Bertz CT molecular complexity index is 1810. The number of likely N-dealkylation sites (N-methyl/N-ethyl adjacent to an activating group) is 1. The lowest BCUT2D eigenvalue weighted by molar-refractivity contribution is -0.139. The van der Waals surface area contributed by atoms with Crippen molar-refractivity contribution in [3.63, 3.8) is 0 Å². The van der Waals surface area contributed by atoms with Gasteiger partial charge in [0.15, 0.2) is 0 Å². The second kappa shape index (κ2) is 10.3. The summed E-state index contributed by atoms with van der Waals surface area (Å²) in [6.07, 6.45) is 7.67. The van der Waals surface area contributed by atoms with Crippen LogP contribution in [0.15, 0.2) is 67.4 Å². The van der Waals surface area contributed by atoms with E-state index in [1.165, 1.54) is 52.9 Å². The zero-order valence-corrected chi connectivity index (χ0v) is 23.2. The van der Waals surface area contributed by atoms with E-state index in [-0.39, 0.29) is 17.3 Å². The number of esters is 1. The third-order valence-electron chi connectivity index (χ3n) is 7.11. The van der Waals surface area contributed by atoms with E-state index in [4.69, 9.17) is 10.5 Å². The maximum atomic E-state index is 13.4. The van der Waals surface area contributed by atoms with Gasteiger partial charge in [0.25, 0.3) is 29.3 Å². The monoisotopic (exact) mass is 572 g/mol. The van der Waals surface area contributed by atoms with Crippen molar-refractivity contribution in [2.45, 2.75) is 5.66 Å². The minimum atomic E-state index is -1.81. The lowest BCUT2D eigenvalue weighted by Gasteiger charge is -2.32. The predicted octanol–water partition coefficient (Wildman–Crippen LogP) is 1.17. The number of benzene rings is 1. The number of nitrogens with one attached hydrogen (secondary N) is 3. The van der Waals surface area contributed by atoms with Gasteiger partial charge in [0.2, 0.25) is 0 Å². The maximum Gasteiger partial charge on any atom is 0.337 e. The van der Waals surface area contributed by atoms with Crippen LogP contribution in [-0.4, -0.2) is 68.0 Å². The molecule has 0 fully saturated rings. The summed E-state index contributed by atoms with van der Waals surface area (Å²) in [6.45, 7) is 0. The SMILES string of the molecule is COC(=O)c1ccc2c(ccn2C(=O)c2cc(NC(=O)c3cc(NC(=O)C4(C(N)=O)NC=CN4C)cn3C)cn2C)c1. The molecule has 0 aliphatic carbocycles. The molecular weight excluding hydrogens is 544 g/mol. The number of carbonyl (C=O) groups is 5. The van der Waals surface area contributed by atoms with Gasteiger partial charge < -0.3 is 40.5 Å². The number of nitrogens with zero attached hydrogens (tertiary/aromatic N) is 4. The van der Waals surface area contributed by atoms with Crippen LogP contribution in [0.1, 0.15) is 31.3 Å². The van der Waals surface area contributed by atoms with Crippen LogP contribution in [0.25, 0.3) is 10.9 Å². The highest BCUT2D eigenvalue weighted by Gasteiger charge is 2.49. The van der Waals surface area contributed by atoms with E-state index in [1.807, 2.05) is 0 Å². The van der Waals surface area contributed by atoms with Gasteiger partial charge in [-0.05, 0) is 36.4 Å². The number of ether oxygens (including phenoxy) is 1. The number of primary amides is 1. The fourth-order valence-corrected chi connectivity index (χ4v) is 4.87. The molecular formula is C28H28N8O6. The molecule has 5 N–H and O–H groups in total. The fourth-order valence-electron chi connectivity index (χ4n) is 4.87. The number of carbonyl (C=O) groups excluding carboxylic acids is 5. The van der Waals surface area contributed by atoms with E-state index in [1.54, 1.807) is 61.4 Å². The lowest BCUT2D eigenvalue weighted by Crippen LogP contribution is -2.66. The summed E-state index contributed by atoms with van der Waals surface area (Å²) in [7, 11) is 6.13. The average molecular weight is 573 g/mol. The van der Waals surface area contributed by atoms with Crippen LogP contribution < -0.4 is 21.7 Å². The summed E-state index contributed by atoms with van der Waals surface area (Å²) >= 11 is 0. The fraction of sp³-hybridized carbons (Fsp3) is 0.179. The molecule has 3 amide bonds. The van der Waals surface area contributed by atoms with Crippen molar-refractivity contribution < 1.29 is 28.7 Å². The number of rotatable bonds is 7. The van der Waals surface area contributed by atoms with Crippen molar-refractivity contribution in [1.29, 1.82) is 0 Å². The molecule has 42 heavy (non-hydrogen) atoms. The van der Waals surface area contributed by atoms with Gasteiger partial charge in [-0.1, -0.05) is 0 Å². The van der Waals surface area contributed by atoms with Crippen molar-refractivity contribution in [2.75, 3.05) is 24.8 Å². The summed E-state index contributed by atoms with van der Waals surface area (Å²) in [5.41, 5.74) is 5.83. The van der Waals surface area contributed by atoms with Gasteiger partial charge in [-0.2, -0.15) is 0 Å². The van der Waals surface area contributed by atoms with Crippen LogP contribution in [0.5, 0.6) is 0 Å². The van der Waals surface area contributed by atoms with Gasteiger partial charge in [0.05, 0.1) is 29.6 Å². The number of amides is 3. The molecule has 1 aromatic carbocycles. The molecule has 0 radical (unpaired) electrons. The Morgan fingerprint density at radius 3 is 2.21 bits per heavy atom. The summed E-state index contributed by atoms with van der Waals surface area (Å²) < 4.78 is 9.31. The first-order chi connectivity index (χ1) is 20.0. The normalized spacial score (nSPS) is 15.9. The Morgan fingerprint density at radius 1 is 0.905 bits per heavy atom. The highest BCUT2D eigenvalue weighted by molar-refractivity contribution is 6.15. The highest BCUT2D eigenvalue weighted by Crippen LogP contribution is 2.23. The number of anilines is 2. The lowest BCUT2D eigenvalue weighted by atomic mass is 10.1. The quantitative estimate of drug-likeness (QED) is 0.189. The first kappa shape index (κ1) is 27.8. The standard InChI is InChI=1S/C28H28N8O6/c1-33-15-19(32-27(41)28(26(29)40)30-8-10-35(28)3)12-21(33)23(37)31-18-13-22(34(2)14-18)24(38)36-9-7-16-11-17(25(39)42-4)5-6-20(16)36/h5-15,30H,1-4H3,(H2,29,40)(H,31,37)(H,32,41). The second-order valence-corrected chi connectivity index (χ2v) is 9.76. The predicted molar refractivity (Wildman–Crippen MR) is 152 cm³/mol. The van der Waals surface area contributed by atoms with E-state index < -0.39 is 29.4 Å². The Hall–Kier alpha value is -5.79. The first-order valence-corrected chi connectivity index (χ1v) is 12.6. The number of aromatic nitrogens is 3. The smallest absolute Gasteiger partial charge is 0.337 e. The van der Waals surface area contributed by atoms with Crippen molar-refractivity contribution in [3.05, 3.63) is 84.3 Å². The topological polar surface area (TPSA) is 175 Å². The number of aryl methyl sites for hydroxylation is 2. The summed E-state index contributed by atoms with van der Waals surface area (Å²) in [5.74, 6) is -2.92. The van der Waals surface area contributed by atoms with E-state index >= 15 is 0 Å². The highest BCUT2D eigenvalue weighted by atomic mass is 16.5. The molecule has 1 aliphatic heterocycles.